The Morgan fingerprint density at radius 3 is 2.29 bits per heavy atom. The van der Waals surface area contributed by atoms with Gasteiger partial charge in [-0.15, -0.1) is 13.2 Å². The molecule has 2 N–H and O–H groups in total. The number of amides is 1. The van der Waals surface area contributed by atoms with Crippen molar-refractivity contribution in [3.63, 3.8) is 0 Å². The van der Waals surface area contributed by atoms with Crippen LogP contribution in [0.2, 0.25) is 0 Å². The van der Waals surface area contributed by atoms with Gasteiger partial charge in [0, 0.05) is 11.1 Å². The van der Waals surface area contributed by atoms with Crippen LogP contribution >= 0.6 is 0 Å². The minimum Gasteiger partial charge on any atom is -0.496 e. The number of nitrogens with two attached hydrogens (primary N) is 1. The smallest absolute Gasteiger partial charge is 0.496 e. The molecule has 2 aromatic rings. The summed E-state index contributed by atoms with van der Waals surface area (Å²) in [6, 6.07) is 10.1. The van der Waals surface area contributed by atoms with Crippen LogP contribution in [0.25, 0.3) is 12.2 Å². The maximum Gasteiger partial charge on any atom is 0.573 e. The predicted molar refractivity (Wildman–Crippen MR) is 83.6 cm³/mol. The Morgan fingerprint density at radius 2 is 1.75 bits per heavy atom. The van der Waals surface area contributed by atoms with Gasteiger partial charge < -0.3 is 15.2 Å². The van der Waals surface area contributed by atoms with Crippen molar-refractivity contribution in [3.05, 3.63) is 59.2 Å². The molecule has 0 aliphatic heterocycles. The molecule has 24 heavy (non-hydrogen) atoms. The lowest BCUT2D eigenvalue weighted by atomic mass is 10.1. The van der Waals surface area contributed by atoms with Crippen LogP contribution in [-0.4, -0.2) is 19.4 Å². The van der Waals surface area contributed by atoms with Crippen molar-refractivity contribution >= 4 is 18.1 Å². The fraction of sp³-hybridized carbons (Fsp3) is 0.118. The maximum atomic E-state index is 12.1. The predicted octanol–water partition coefficient (Wildman–Crippen LogP) is 3.86. The van der Waals surface area contributed by atoms with Crippen LogP contribution in [0.4, 0.5) is 13.2 Å². The Labute approximate surface area is 136 Å². The summed E-state index contributed by atoms with van der Waals surface area (Å²) in [4.78, 5) is 11.2. The molecule has 0 spiro atoms. The van der Waals surface area contributed by atoms with E-state index >= 15 is 0 Å². The number of primary amides is 1. The summed E-state index contributed by atoms with van der Waals surface area (Å²) in [7, 11) is 1.49. The number of benzene rings is 2. The molecule has 0 heterocycles. The number of rotatable bonds is 5. The fourth-order valence-electron chi connectivity index (χ4n) is 1.98. The molecule has 2 rings (SSSR count). The second-order valence-corrected chi connectivity index (χ2v) is 4.77. The van der Waals surface area contributed by atoms with Gasteiger partial charge >= 0.3 is 6.36 Å². The van der Waals surface area contributed by atoms with Crippen LogP contribution in [0.5, 0.6) is 11.5 Å². The first-order chi connectivity index (χ1) is 11.3. The lowest BCUT2D eigenvalue weighted by Crippen LogP contribution is -2.16. The number of carbonyl (C=O) groups is 1. The lowest BCUT2D eigenvalue weighted by molar-refractivity contribution is -0.274. The van der Waals surface area contributed by atoms with E-state index in [1.807, 2.05) is 0 Å². The van der Waals surface area contributed by atoms with Gasteiger partial charge in [-0.05, 0) is 35.9 Å². The topological polar surface area (TPSA) is 61.5 Å². The third-order valence-corrected chi connectivity index (χ3v) is 3.08. The Kier molecular flexibility index (Phi) is 5.13. The molecule has 0 unspecified atom stereocenters. The molecule has 0 atom stereocenters. The van der Waals surface area contributed by atoms with Crippen molar-refractivity contribution in [3.8, 4) is 11.5 Å². The van der Waals surface area contributed by atoms with E-state index in [1.165, 1.54) is 31.4 Å². The van der Waals surface area contributed by atoms with E-state index in [0.29, 0.717) is 22.4 Å². The molecule has 0 saturated carbocycles. The maximum absolute atomic E-state index is 12.1. The van der Waals surface area contributed by atoms with Gasteiger partial charge in [0.05, 0.1) is 7.11 Å². The second-order valence-electron chi connectivity index (χ2n) is 4.77. The zero-order chi connectivity index (χ0) is 17.7. The van der Waals surface area contributed by atoms with E-state index in [1.54, 1.807) is 30.4 Å². The van der Waals surface area contributed by atoms with Gasteiger partial charge in [-0.3, -0.25) is 4.79 Å². The molecule has 2 aromatic carbocycles. The summed E-state index contributed by atoms with van der Waals surface area (Å²) < 4.78 is 45.3. The minimum atomic E-state index is -4.72. The molecule has 0 aliphatic rings. The first kappa shape index (κ1) is 17.4. The lowest BCUT2D eigenvalue weighted by Gasteiger charge is -2.08. The van der Waals surface area contributed by atoms with E-state index in [2.05, 4.69) is 4.74 Å². The van der Waals surface area contributed by atoms with Gasteiger partial charge in [0.25, 0.3) is 0 Å². The van der Waals surface area contributed by atoms with E-state index in [4.69, 9.17) is 10.5 Å². The van der Waals surface area contributed by atoms with Crippen LogP contribution in [0.3, 0.4) is 0 Å². The summed E-state index contributed by atoms with van der Waals surface area (Å²) in [5.41, 5.74) is 6.83. The van der Waals surface area contributed by atoms with Gasteiger partial charge in [-0.2, -0.15) is 0 Å². The first-order valence-corrected chi connectivity index (χ1v) is 6.80. The van der Waals surface area contributed by atoms with Gasteiger partial charge in [-0.25, -0.2) is 0 Å². The monoisotopic (exact) mass is 337 g/mol. The first-order valence-electron chi connectivity index (χ1n) is 6.80. The molecule has 0 bridgehead atoms. The number of carbonyl (C=O) groups excluding carboxylic acids is 1. The third-order valence-electron chi connectivity index (χ3n) is 3.08. The molecule has 1 amide bonds. The van der Waals surface area contributed by atoms with Crippen LogP contribution in [0.15, 0.2) is 42.5 Å². The van der Waals surface area contributed by atoms with Gasteiger partial charge in [0.2, 0.25) is 5.91 Å². The number of ether oxygens (including phenoxy) is 2. The van der Waals surface area contributed by atoms with Crippen molar-refractivity contribution in [2.45, 2.75) is 6.36 Å². The van der Waals surface area contributed by atoms with Gasteiger partial charge in [0.1, 0.15) is 11.5 Å². The normalized spacial score (nSPS) is 11.5. The van der Waals surface area contributed by atoms with Gasteiger partial charge in [-0.1, -0.05) is 24.3 Å². The number of halogens is 3. The molecule has 0 aliphatic carbocycles. The van der Waals surface area contributed by atoms with Crippen molar-refractivity contribution < 1.29 is 27.4 Å². The Hall–Kier alpha value is -2.96. The number of hydrogen-bond donors (Lipinski definition) is 1. The average Bonchev–Trinajstić information content (AvgIpc) is 2.52. The molecule has 4 nitrogen and oxygen atoms in total. The highest BCUT2D eigenvalue weighted by molar-refractivity contribution is 5.94. The molecule has 126 valence electrons. The third kappa shape index (κ3) is 4.77. The van der Waals surface area contributed by atoms with Crippen LogP contribution < -0.4 is 15.2 Å². The van der Waals surface area contributed by atoms with Crippen LogP contribution in [0.1, 0.15) is 21.5 Å². The summed E-state index contributed by atoms with van der Waals surface area (Å²) in [6.07, 6.45) is -1.38. The standard InChI is InChI=1S/C17H14F3NO3/c1-23-15-9-6-13(16(21)22)10-12(15)5-2-11-3-7-14(8-4-11)24-17(18,19)20/h2-10H,1H3,(H2,21,22)/b5-2+. The number of hydrogen-bond acceptors (Lipinski definition) is 3. The fourth-order valence-corrected chi connectivity index (χ4v) is 1.98. The Balaban J connectivity index is 2.21. The van der Waals surface area contributed by atoms with Crippen LogP contribution in [-0.2, 0) is 0 Å². The van der Waals surface area contributed by atoms with E-state index < -0.39 is 12.3 Å². The SMILES string of the molecule is COc1ccc(C(N)=O)cc1/C=C/c1ccc(OC(F)(F)F)cc1. The van der Waals surface area contributed by atoms with Crippen molar-refractivity contribution in [1.82, 2.24) is 0 Å². The number of alkyl halides is 3. The van der Waals surface area contributed by atoms with E-state index in [0.717, 1.165) is 0 Å². The van der Waals surface area contributed by atoms with E-state index in [9.17, 15) is 18.0 Å². The molecule has 0 aromatic heterocycles. The number of methoxy groups -OCH3 is 1. The van der Waals surface area contributed by atoms with Crippen molar-refractivity contribution in [2.75, 3.05) is 7.11 Å². The summed E-state index contributed by atoms with van der Waals surface area (Å²) in [5, 5.41) is 0. The Morgan fingerprint density at radius 1 is 1.08 bits per heavy atom. The zero-order valence-electron chi connectivity index (χ0n) is 12.6. The van der Waals surface area contributed by atoms with Gasteiger partial charge in [0.15, 0.2) is 0 Å². The molecule has 0 radical (unpaired) electrons. The highest BCUT2D eigenvalue weighted by Crippen LogP contribution is 2.25. The molecule has 0 fully saturated rings. The second kappa shape index (κ2) is 7.08. The summed E-state index contributed by atoms with van der Waals surface area (Å²) >= 11 is 0. The largest absolute Gasteiger partial charge is 0.573 e. The molecule has 7 heteroatoms. The average molecular weight is 337 g/mol. The quantitative estimate of drug-likeness (QED) is 0.843. The highest BCUT2D eigenvalue weighted by atomic mass is 19.4. The van der Waals surface area contributed by atoms with Crippen molar-refractivity contribution in [2.24, 2.45) is 5.73 Å². The zero-order valence-corrected chi connectivity index (χ0v) is 12.6. The Bertz CT molecular complexity index is 753. The molecular weight excluding hydrogens is 323 g/mol. The molecule has 0 saturated heterocycles. The summed E-state index contributed by atoms with van der Waals surface area (Å²) in [5.74, 6) is -0.331. The summed E-state index contributed by atoms with van der Waals surface area (Å²) in [6.45, 7) is 0. The van der Waals surface area contributed by atoms with Crippen molar-refractivity contribution in [1.29, 1.82) is 0 Å². The highest BCUT2D eigenvalue weighted by Gasteiger charge is 2.30. The van der Waals surface area contributed by atoms with E-state index in [-0.39, 0.29) is 5.75 Å². The minimum absolute atomic E-state index is 0.298. The van der Waals surface area contributed by atoms with Crippen LogP contribution in [0, 0.1) is 0 Å². The molecular formula is C17H14F3NO3.